The van der Waals surface area contributed by atoms with Gasteiger partial charge < -0.3 is 14.6 Å². The van der Waals surface area contributed by atoms with Gasteiger partial charge in [-0.3, -0.25) is 4.79 Å². The van der Waals surface area contributed by atoms with Crippen LogP contribution in [0.3, 0.4) is 0 Å². The lowest BCUT2D eigenvalue weighted by Crippen LogP contribution is -2.59. The van der Waals surface area contributed by atoms with E-state index in [2.05, 4.69) is 13.8 Å². The second-order valence-corrected chi connectivity index (χ2v) is 7.76. The minimum absolute atomic E-state index is 0.0797. The van der Waals surface area contributed by atoms with Gasteiger partial charge in [-0.25, -0.2) is 0 Å². The molecule has 5 heteroatoms. The van der Waals surface area contributed by atoms with Gasteiger partial charge in [0, 0.05) is 35.7 Å². The molecule has 1 unspecified atom stereocenters. The number of thioether (sulfide) groups is 1. The van der Waals surface area contributed by atoms with Gasteiger partial charge in [-0.15, -0.1) is 0 Å². The summed E-state index contributed by atoms with van der Waals surface area (Å²) in [5.74, 6) is -0.185. The monoisotopic (exact) mass is 286 g/mol. The Kier molecular flexibility index (Phi) is 3.25. The molecule has 3 fully saturated rings. The molecule has 1 aliphatic carbocycles. The van der Waals surface area contributed by atoms with Crippen molar-refractivity contribution in [3.63, 3.8) is 0 Å². The van der Waals surface area contributed by atoms with Crippen LogP contribution in [0.4, 0.5) is 0 Å². The van der Waals surface area contributed by atoms with Crippen LogP contribution in [0.25, 0.3) is 0 Å². The summed E-state index contributed by atoms with van der Waals surface area (Å²) in [5, 5.41) is 11.1. The number of carbonyl (C=O) groups is 1. The molecule has 1 N–H and O–H groups in total. The van der Waals surface area contributed by atoms with Crippen LogP contribution in [0.2, 0.25) is 0 Å². The normalized spacial score (nSPS) is 49.7. The van der Waals surface area contributed by atoms with Crippen LogP contribution >= 0.6 is 11.8 Å². The molecular weight excluding hydrogens is 264 g/mol. The van der Waals surface area contributed by atoms with Gasteiger partial charge in [0.25, 0.3) is 0 Å². The van der Waals surface area contributed by atoms with E-state index in [1.54, 1.807) is 6.92 Å². The van der Waals surface area contributed by atoms with Crippen LogP contribution in [0, 0.1) is 11.8 Å². The van der Waals surface area contributed by atoms with Gasteiger partial charge in [0.1, 0.15) is 11.4 Å². The summed E-state index contributed by atoms with van der Waals surface area (Å²) >= 11 is 1.86. The van der Waals surface area contributed by atoms with Gasteiger partial charge in [-0.05, 0) is 13.3 Å². The second-order valence-electron chi connectivity index (χ2n) is 6.29. The standard InChI is InChI=1S/C14H22O4S/c1-4-8(2)19-7-10-9-5-14(16)13(3,6-11(9)15)17-12(10)18-14/h8-10,12,16H,4-7H2,1-3H3/t8?,9-,10+,12+,13+,14-/m1/s1. The summed E-state index contributed by atoms with van der Waals surface area (Å²) in [4.78, 5) is 12.3. The molecule has 3 aliphatic rings. The lowest BCUT2D eigenvalue weighted by molar-refractivity contribution is -0.266. The first-order chi connectivity index (χ1) is 8.88. The van der Waals surface area contributed by atoms with Crippen molar-refractivity contribution in [1.29, 1.82) is 0 Å². The first-order valence-electron chi connectivity index (χ1n) is 7.11. The van der Waals surface area contributed by atoms with Gasteiger partial charge in [0.05, 0.1) is 0 Å². The highest BCUT2D eigenvalue weighted by Crippen LogP contribution is 2.56. The third kappa shape index (κ3) is 1.97. The number of Topliss-reactive ketones (excluding diaryl/α,β-unsaturated/α-hetero) is 1. The number of hydrogen-bond acceptors (Lipinski definition) is 5. The minimum atomic E-state index is -1.26. The van der Waals surface area contributed by atoms with Crippen molar-refractivity contribution < 1.29 is 19.4 Å². The molecular formula is C14H22O4S. The van der Waals surface area contributed by atoms with Crippen LogP contribution in [0.5, 0.6) is 0 Å². The van der Waals surface area contributed by atoms with E-state index >= 15 is 0 Å². The fourth-order valence-electron chi connectivity index (χ4n) is 3.35. The zero-order chi connectivity index (χ0) is 13.8. The maximum absolute atomic E-state index is 12.3. The average molecular weight is 286 g/mol. The average Bonchev–Trinajstić information content (AvgIpc) is 2.51. The van der Waals surface area contributed by atoms with Crippen LogP contribution in [-0.4, -0.2) is 39.6 Å². The molecule has 0 aromatic carbocycles. The van der Waals surface area contributed by atoms with Crippen molar-refractivity contribution in [3.05, 3.63) is 0 Å². The molecule has 2 aliphatic heterocycles. The van der Waals surface area contributed by atoms with Gasteiger partial charge >= 0.3 is 0 Å². The van der Waals surface area contributed by atoms with E-state index in [0.717, 1.165) is 12.2 Å². The van der Waals surface area contributed by atoms with E-state index in [4.69, 9.17) is 9.47 Å². The largest absolute Gasteiger partial charge is 0.363 e. The Bertz CT molecular complexity index is 401. The molecule has 0 radical (unpaired) electrons. The number of ether oxygens (including phenoxy) is 2. The summed E-state index contributed by atoms with van der Waals surface area (Å²) in [7, 11) is 0. The lowest BCUT2D eigenvalue weighted by Gasteiger charge is -2.45. The Labute approximate surface area is 118 Å². The van der Waals surface area contributed by atoms with Gasteiger partial charge in [-0.1, -0.05) is 13.8 Å². The van der Waals surface area contributed by atoms with Crippen molar-refractivity contribution in [2.24, 2.45) is 11.8 Å². The maximum Gasteiger partial charge on any atom is 0.198 e. The van der Waals surface area contributed by atoms with Crippen molar-refractivity contribution in [3.8, 4) is 0 Å². The fraction of sp³-hybridized carbons (Fsp3) is 0.929. The molecule has 0 spiro atoms. The summed E-state index contributed by atoms with van der Waals surface area (Å²) in [6.07, 6.45) is 1.36. The predicted octanol–water partition coefficient (Wildman–Crippen LogP) is 1.95. The summed E-state index contributed by atoms with van der Waals surface area (Å²) in [6.45, 7) is 6.16. The fourth-order valence-corrected chi connectivity index (χ4v) is 4.53. The summed E-state index contributed by atoms with van der Waals surface area (Å²) in [6, 6.07) is 0. The molecule has 3 bridgehead atoms. The highest BCUT2D eigenvalue weighted by molar-refractivity contribution is 7.99. The molecule has 2 saturated heterocycles. The molecule has 19 heavy (non-hydrogen) atoms. The molecule has 1 saturated carbocycles. The van der Waals surface area contributed by atoms with Crippen LogP contribution in [0.15, 0.2) is 0 Å². The Morgan fingerprint density at radius 1 is 1.53 bits per heavy atom. The van der Waals surface area contributed by atoms with E-state index in [0.29, 0.717) is 11.7 Å². The van der Waals surface area contributed by atoms with Gasteiger partial charge in [0.2, 0.25) is 0 Å². The van der Waals surface area contributed by atoms with E-state index < -0.39 is 17.7 Å². The maximum atomic E-state index is 12.3. The SMILES string of the molecule is CCC(C)SC[C@@H]1[C@@H]2O[C@]3(O)C[C@H]1C(=O)C[C@]3(C)O2. The van der Waals surface area contributed by atoms with Gasteiger partial charge in [0.15, 0.2) is 12.1 Å². The van der Waals surface area contributed by atoms with Gasteiger partial charge in [-0.2, -0.15) is 11.8 Å². The lowest BCUT2D eigenvalue weighted by atomic mass is 9.70. The summed E-state index contributed by atoms with van der Waals surface area (Å²) < 4.78 is 11.6. The number of fused-ring (bicyclic) bond motifs is 2. The van der Waals surface area contributed by atoms with E-state index in [1.807, 2.05) is 11.8 Å². The van der Waals surface area contributed by atoms with E-state index in [1.165, 1.54) is 0 Å². The third-order valence-electron chi connectivity index (χ3n) is 4.95. The molecule has 2 heterocycles. The molecule has 6 atom stereocenters. The topological polar surface area (TPSA) is 55.8 Å². The van der Waals surface area contributed by atoms with Crippen LogP contribution in [-0.2, 0) is 14.3 Å². The van der Waals surface area contributed by atoms with E-state index in [9.17, 15) is 9.90 Å². The Hall–Kier alpha value is -0.100. The predicted molar refractivity (Wildman–Crippen MR) is 72.7 cm³/mol. The Morgan fingerprint density at radius 2 is 2.26 bits per heavy atom. The molecule has 0 aromatic rings. The first-order valence-corrected chi connectivity index (χ1v) is 8.16. The number of aliphatic hydroxyl groups is 1. The molecule has 0 aromatic heterocycles. The second kappa shape index (κ2) is 4.45. The van der Waals surface area contributed by atoms with Crippen LogP contribution < -0.4 is 0 Å². The smallest absolute Gasteiger partial charge is 0.198 e. The zero-order valence-corrected chi connectivity index (χ0v) is 12.5. The third-order valence-corrected chi connectivity index (χ3v) is 6.43. The molecule has 0 amide bonds. The van der Waals surface area contributed by atoms with Crippen molar-refractivity contribution in [2.45, 2.75) is 63.0 Å². The van der Waals surface area contributed by atoms with E-state index in [-0.39, 0.29) is 24.0 Å². The Balaban J connectivity index is 1.79. The van der Waals surface area contributed by atoms with Crippen molar-refractivity contribution >= 4 is 17.5 Å². The van der Waals surface area contributed by atoms with Crippen molar-refractivity contribution in [1.82, 2.24) is 0 Å². The molecule has 4 nitrogen and oxygen atoms in total. The number of hydrogen-bond donors (Lipinski definition) is 1. The summed E-state index contributed by atoms with van der Waals surface area (Å²) in [5.41, 5.74) is -0.846. The highest BCUT2D eigenvalue weighted by Gasteiger charge is 2.69. The van der Waals surface area contributed by atoms with Crippen molar-refractivity contribution in [2.75, 3.05) is 5.75 Å². The number of rotatable bonds is 4. The molecule has 108 valence electrons. The molecule has 3 rings (SSSR count). The van der Waals surface area contributed by atoms with Crippen LogP contribution in [0.1, 0.15) is 40.0 Å². The highest BCUT2D eigenvalue weighted by atomic mass is 32.2. The number of carbonyl (C=O) groups excluding carboxylic acids is 1. The quantitative estimate of drug-likeness (QED) is 0.856. The Morgan fingerprint density at radius 3 is 2.95 bits per heavy atom. The number of ketones is 1. The zero-order valence-electron chi connectivity index (χ0n) is 11.7. The minimum Gasteiger partial charge on any atom is -0.363 e. The first kappa shape index (κ1) is 13.9.